The predicted molar refractivity (Wildman–Crippen MR) is 127 cm³/mol. The Morgan fingerprint density at radius 1 is 1.00 bits per heavy atom. The highest BCUT2D eigenvalue weighted by atomic mass is 32.2. The number of anilines is 1. The number of hydrogen-bond acceptors (Lipinski definition) is 5. The van der Waals surface area contributed by atoms with Crippen molar-refractivity contribution >= 4 is 33.4 Å². The molecule has 166 valence electrons. The van der Waals surface area contributed by atoms with E-state index >= 15 is 0 Å². The Morgan fingerprint density at radius 2 is 1.72 bits per heavy atom. The molecule has 1 amide bonds. The van der Waals surface area contributed by atoms with Crippen LogP contribution in [0.25, 0.3) is 0 Å². The van der Waals surface area contributed by atoms with Crippen molar-refractivity contribution in [1.82, 2.24) is 9.29 Å². The van der Waals surface area contributed by atoms with Gasteiger partial charge in [0.2, 0.25) is 15.9 Å². The SMILES string of the molecule is O=C(Nc1ccc(SCc2cccnc2)cc1)C1CCN(S(=O)(=O)c2ccccc2)CC1. The van der Waals surface area contributed by atoms with Gasteiger partial charge in [0.1, 0.15) is 0 Å². The fraction of sp³-hybridized carbons (Fsp3) is 0.250. The van der Waals surface area contributed by atoms with Crippen molar-refractivity contribution in [3.63, 3.8) is 0 Å². The molecular formula is C24H25N3O3S2. The highest BCUT2D eigenvalue weighted by Gasteiger charge is 2.32. The lowest BCUT2D eigenvalue weighted by atomic mass is 9.97. The monoisotopic (exact) mass is 467 g/mol. The molecule has 8 heteroatoms. The predicted octanol–water partition coefficient (Wildman–Crippen LogP) is 4.41. The number of hydrogen-bond donors (Lipinski definition) is 1. The van der Waals surface area contributed by atoms with Gasteiger partial charge >= 0.3 is 0 Å². The average Bonchev–Trinajstić information content (AvgIpc) is 2.85. The number of aromatic nitrogens is 1. The lowest BCUT2D eigenvalue weighted by Crippen LogP contribution is -2.41. The fourth-order valence-electron chi connectivity index (χ4n) is 3.63. The van der Waals surface area contributed by atoms with Gasteiger partial charge in [-0.05, 0) is 60.9 Å². The first-order valence-electron chi connectivity index (χ1n) is 10.5. The van der Waals surface area contributed by atoms with Crippen molar-refractivity contribution in [3.05, 3.63) is 84.7 Å². The first-order chi connectivity index (χ1) is 15.5. The Labute approximate surface area is 193 Å². The van der Waals surface area contributed by atoms with Gasteiger partial charge in [-0.1, -0.05) is 24.3 Å². The number of amides is 1. The molecular weight excluding hydrogens is 442 g/mol. The van der Waals surface area contributed by atoms with Crippen LogP contribution in [0.3, 0.4) is 0 Å². The highest BCUT2D eigenvalue weighted by Crippen LogP contribution is 2.26. The molecule has 0 atom stereocenters. The molecule has 0 unspecified atom stereocenters. The number of pyridine rings is 1. The number of sulfonamides is 1. The maximum atomic E-state index is 12.8. The van der Waals surface area contributed by atoms with Gasteiger partial charge in [0.25, 0.3) is 0 Å². The molecule has 0 radical (unpaired) electrons. The molecule has 0 spiro atoms. The summed E-state index contributed by atoms with van der Waals surface area (Å²) in [4.78, 5) is 18.2. The summed E-state index contributed by atoms with van der Waals surface area (Å²) in [5, 5.41) is 2.97. The maximum absolute atomic E-state index is 12.8. The Morgan fingerprint density at radius 3 is 2.38 bits per heavy atom. The van der Waals surface area contributed by atoms with E-state index in [0.717, 1.165) is 21.9 Å². The lowest BCUT2D eigenvalue weighted by molar-refractivity contribution is -0.120. The van der Waals surface area contributed by atoms with Crippen LogP contribution in [0.4, 0.5) is 5.69 Å². The van der Waals surface area contributed by atoms with E-state index in [-0.39, 0.29) is 11.8 Å². The van der Waals surface area contributed by atoms with Crippen LogP contribution in [0.2, 0.25) is 0 Å². The molecule has 0 saturated carbocycles. The number of nitrogens with zero attached hydrogens (tertiary/aromatic N) is 2. The Balaban J connectivity index is 1.27. The van der Waals surface area contributed by atoms with Crippen LogP contribution < -0.4 is 5.32 Å². The van der Waals surface area contributed by atoms with Crippen LogP contribution in [-0.2, 0) is 20.6 Å². The summed E-state index contributed by atoms with van der Waals surface area (Å²) in [7, 11) is -3.51. The second-order valence-electron chi connectivity index (χ2n) is 7.65. The van der Waals surface area contributed by atoms with E-state index in [1.54, 1.807) is 48.3 Å². The topological polar surface area (TPSA) is 79.4 Å². The van der Waals surface area contributed by atoms with Gasteiger partial charge in [-0.2, -0.15) is 4.31 Å². The van der Waals surface area contributed by atoms with Gasteiger partial charge in [0.15, 0.2) is 0 Å². The molecule has 1 aromatic heterocycles. The highest BCUT2D eigenvalue weighted by molar-refractivity contribution is 7.98. The summed E-state index contributed by atoms with van der Waals surface area (Å²) >= 11 is 1.71. The summed E-state index contributed by atoms with van der Waals surface area (Å²) in [6.07, 6.45) is 4.64. The van der Waals surface area contributed by atoms with E-state index in [0.29, 0.717) is 30.8 Å². The molecule has 1 fully saturated rings. The van der Waals surface area contributed by atoms with Gasteiger partial charge in [-0.15, -0.1) is 11.8 Å². The third-order valence-corrected chi connectivity index (χ3v) is 8.45. The van der Waals surface area contributed by atoms with E-state index in [1.807, 2.05) is 42.6 Å². The van der Waals surface area contributed by atoms with E-state index < -0.39 is 10.0 Å². The van der Waals surface area contributed by atoms with E-state index in [1.165, 1.54) is 4.31 Å². The molecule has 3 aromatic rings. The van der Waals surface area contributed by atoms with Crippen LogP contribution in [0.5, 0.6) is 0 Å². The molecule has 1 N–H and O–H groups in total. The maximum Gasteiger partial charge on any atom is 0.243 e. The number of nitrogens with one attached hydrogen (secondary N) is 1. The van der Waals surface area contributed by atoms with Crippen molar-refractivity contribution in [2.75, 3.05) is 18.4 Å². The van der Waals surface area contributed by atoms with E-state index in [4.69, 9.17) is 0 Å². The van der Waals surface area contributed by atoms with Crippen molar-refractivity contribution < 1.29 is 13.2 Å². The zero-order valence-corrected chi connectivity index (χ0v) is 19.2. The quantitative estimate of drug-likeness (QED) is 0.521. The third kappa shape index (κ3) is 5.56. The van der Waals surface area contributed by atoms with E-state index in [2.05, 4.69) is 10.3 Å². The first kappa shape index (κ1) is 22.5. The van der Waals surface area contributed by atoms with Crippen molar-refractivity contribution in [2.45, 2.75) is 28.4 Å². The number of thioether (sulfide) groups is 1. The largest absolute Gasteiger partial charge is 0.326 e. The molecule has 32 heavy (non-hydrogen) atoms. The Hall–Kier alpha value is -2.68. The number of rotatable bonds is 7. The van der Waals surface area contributed by atoms with Crippen molar-refractivity contribution in [3.8, 4) is 0 Å². The number of benzene rings is 2. The average molecular weight is 468 g/mol. The smallest absolute Gasteiger partial charge is 0.243 e. The molecule has 0 bridgehead atoms. The Kier molecular flexibility index (Phi) is 7.24. The molecule has 6 nitrogen and oxygen atoms in total. The van der Waals surface area contributed by atoms with Crippen LogP contribution in [0, 0.1) is 5.92 Å². The summed E-state index contributed by atoms with van der Waals surface area (Å²) in [5.74, 6) is 0.582. The zero-order chi connectivity index (χ0) is 22.4. The van der Waals surface area contributed by atoms with Crippen molar-refractivity contribution in [2.24, 2.45) is 5.92 Å². The molecule has 0 aliphatic carbocycles. The normalized spacial score (nSPS) is 15.4. The fourth-order valence-corrected chi connectivity index (χ4v) is 5.95. The number of carbonyl (C=O) groups is 1. The molecule has 1 aliphatic heterocycles. The summed E-state index contributed by atoms with van der Waals surface area (Å²) in [6.45, 7) is 0.693. The molecule has 1 aliphatic rings. The minimum Gasteiger partial charge on any atom is -0.326 e. The second kappa shape index (κ2) is 10.3. The van der Waals surface area contributed by atoms with Gasteiger partial charge in [-0.3, -0.25) is 9.78 Å². The summed E-state index contributed by atoms with van der Waals surface area (Å²) in [6, 6.07) is 20.2. The van der Waals surface area contributed by atoms with Crippen LogP contribution in [0.1, 0.15) is 18.4 Å². The Bertz CT molecular complexity index is 1130. The molecule has 1 saturated heterocycles. The third-order valence-electron chi connectivity index (χ3n) is 5.46. The van der Waals surface area contributed by atoms with Crippen molar-refractivity contribution in [1.29, 1.82) is 0 Å². The van der Waals surface area contributed by atoms with Crippen LogP contribution >= 0.6 is 11.8 Å². The molecule has 2 heterocycles. The summed E-state index contributed by atoms with van der Waals surface area (Å²) < 4.78 is 27.0. The van der Waals surface area contributed by atoms with Gasteiger partial charge in [-0.25, -0.2) is 8.42 Å². The second-order valence-corrected chi connectivity index (χ2v) is 10.6. The molecule has 2 aromatic carbocycles. The van der Waals surface area contributed by atoms with Crippen LogP contribution in [0.15, 0.2) is 88.9 Å². The van der Waals surface area contributed by atoms with Gasteiger partial charge in [0, 0.05) is 47.7 Å². The lowest BCUT2D eigenvalue weighted by Gasteiger charge is -2.30. The molecule has 4 rings (SSSR count). The van der Waals surface area contributed by atoms with Gasteiger partial charge < -0.3 is 5.32 Å². The standard InChI is InChI=1S/C24H25N3O3S2/c28-24(20-12-15-27(16-13-20)32(29,30)23-6-2-1-3-7-23)26-21-8-10-22(11-9-21)31-18-19-5-4-14-25-17-19/h1-11,14,17,20H,12-13,15-16,18H2,(H,26,28). The van der Waals surface area contributed by atoms with Crippen LogP contribution in [-0.4, -0.2) is 36.7 Å². The minimum atomic E-state index is -3.51. The first-order valence-corrected chi connectivity index (χ1v) is 12.9. The number of carbonyl (C=O) groups excluding carboxylic acids is 1. The minimum absolute atomic E-state index is 0.0578. The van der Waals surface area contributed by atoms with E-state index in [9.17, 15) is 13.2 Å². The zero-order valence-electron chi connectivity index (χ0n) is 17.6. The number of piperidine rings is 1. The van der Waals surface area contributed by atoms with Gasteiger partial charge in [0.05, 0.1) is 4.90 Å². The summed E-state index contributed by atoms with van der Waals surface area (Å²) in [5.41, 5.74) is 1.91.